The van der Waals surface area contributed by atoms with E-state index in [1.54, 1.807) is 0 Å². The Kier molecular flexibility index (Phi) is 7.73. The number of hydrogen-bond acceptors (Lipinski definition) is 3. The standard InChI is InChI=1S/C18H33N3/c1-7-15(5)13-21(8-2)18-10-17(9-16(6)20-18)12-19-11-14(3)4/h9-10,14-15,19H,7-8,11-13H2,1-6H3. The first-order valence-corrected chi connectivity index (χ1v) is 8.39. The molecule has 1 atom stereocenters. The number of nitrogens with zero attached hydrogens (tertiary/aromatic N) is 2. The third-order valence-corrected chi connectivity index (χ3v) is 3.82. The number of pyridine rings is 1. The molecule has 0 bridgehead atoms. The van der Waals surface area contributed by atoms with E-state index in [-0.39, 0.29) is 0 Å². The van der Waals surface area contributed by atoms with Crippen LogP contribution in [-0.2, 0) is 6.54 Å². The second-order valence-electron chi connectivity index (χ2n) is 6.55. The number of hydrogen-bond donors (Lipinski definition) is 1. The summed E-state index contributed by atoms with van der Waals surface area (Å²) in [5.41, 5.74) is 2.44. The molecule has 0 saturated heterocycles. The first kappa shape index (κ1) is 18.0. The molecule has 1 N–H and O–H groups in total. The van der Waals surface area contributed by atoms with Gasteiger partial charge in [0.25, 0.3) is 0 Å². The minimum atomic E-state index is 0.685. The highest BCUT2D eigenvalue weighted by Gasteiger charge is 2.11. The van der Waals surface area contributed by atoms with Crippen LogP contribution in [0.1, 0.15) is 52.3 Å². The molecule has 0 fully saturated rings. The van der Waals surface area contributed by atoms with Crippen molar-refractivity contribution in [2.24, 2.45) is 11.8 Å². The first-order chi connectivity index (χ1) is 9.96. The van der Waals surface area contributed by atoms with Crippen molar-refractivity contribution in [2.75, 3.05) is 24.5 Å². The van der Waals surface area contributed by atoms with Gasteiger partial charge in [0.15, 0.2) is 0 Å². The predicted octanol–water partition coefficient (Wildman–Crippen LogP) is 4.01. The van der Waals surface area contributed by atoms with Gasteiger partial charge in [0.05, 0.1) is 0 Å². The van der Waals surface area contributed by atoms with E-state index in [9.17, 15) is 0 Å². The minimum Gasteiger partial charge on any atom is -0.357 e. The molecule has 0 aliphatic heterocycles. The van der Waals surface area contributed by atoms with Crippen molar-refractivity contribution in [3.8, 4) is 0 Å². The normalized spacial score (nSPS) is 12.7. The summed E-state index contributed by atoms with van der Waals surface area (Å²) in [7, 11) is 0. The second kappa shape index (κ2) is 9.04. The van der Waals surface area contributed by atoms with Crippen LogP contribution in [0.15, 0.2) is 12.1 Å². The van der Waals surface area contributed by atoms with Gasteiger partial charge in [0.1, 0.15) is 5.82 Å². The van der Waals surface area contributed by atoms with Crippen LogP contribution in [0.4, 0.5) is 5.82 Å². The molecule has 1 heterocycles. The Morgan fingerprint density at radius 2 is 1.90 bits per heavy atom. The van der Waals surface area contributed by atoms with E-state index >= 15 is 0 Å². The van der Waals surface area contributed by atoms with Crippen LogP contribution >= 0.6 is 0 Å². The van der Waals surface area contributed by atoms with E-state index in [0.717, 1.165) is 37.7 Å². The Morgan fingerprint density at radius 3 is 2.48 bits per heavy atom. The van der Waals surface area contributed by atoms with Gasteiger partial charge in [0, 0.05) is 25.3 Å². The van der Waals surface area contributed by atoms with Crippen molar-refractivity contribution >= 4 is 5.82 Å². The third kappa shape index (κ3) is 6.47. The van der Waals surface area contributed by atoms with Crippen LogP contribution in [0.5, 0.6) is 0 Å². The average molecular weight is 291 g/mol. The van der Waals surface area contributed by atoms with Gasteiger partial charge < -0.3 is 10.2 Å². The lowest BCUT2D eigenvalue weighted by atomic mass is 10.1. The zero-order chi connectivity index (χ0) is 15.8. The molecule has 0 saturated carbocycles. The molecule has 0 amide bonds. The molecular weight excluding hydrogens is 258 g/mol. The van der Waals surface area contributed by atoms with Gasteiger partial charge in [-0.15, -0.1) is 0 Å². The van der Waals surface area contributed by atoms with E-state index < -0.39 is 0 Å². The number of aryl methyl sites for hydroxylation is 1. The van der Waals surface area contributed by atoms with E-state index in [2.05, 4.69) is 63.9 Å². The second-order valence-corrected chi connectivity index (χ2v) is 6.55. The molecular formula is C18H33N3. The summed E-state index contributed by atoms with van der Waals surface area (Å²) in [6, 6.07) is 4.43. The van der Waals surface area contributed by atoms with Gasteiger partial charge in [-0.05, 0) is 49.9 Å². The molecule has 0 radical (unpaired) electrons. The molecule has 1 aromatic rings. The van der Waals surface area contributed by atoms with E-state index in [4.69, 9.17) is 4.98 Å². The Labute approximate surface area is 131 Å². The number of nitrogens with one attached hydrogen (secondary N) is 1. The maximum absolute atomic E-state index is 4.73. The SMILES string of the molecule is CCC(C)CN(CC)c1cc(CNCC(C)C)cc(C)n1. The van der Waals surface area contributed by atoms with Gasteiger partial charge in [0.2, 0.25) is 0 Å². The van der Waals surface area contributed by atoms with Crippen molar-refractivity contribution in [3.05, 3.63) is 23.4 Å². The third-order valence-electron chi connectivity index (χ3n) is 3.82. The lowest BCUT2D eigenvalue weighted by Gasteiger charge is -2.26. The molecule has 1 unspecified atom stereocenters. The molecule has 0 spiro atoms. The Morgan fingerprint density at radius 1 is 1.19 bits per heavy atom. The molecule has 0 aromatic carbocycles. The molecule has 0 aliphatic rings. The maximum atomic E-state index is 4.73. The Bertz CT molecular complexity index is 415. The van der Waals surface area contributed by atoms with Crippen LogP contribution in [0.2, 0.25) is 0 Å². The fourth-order valence-corrected chi connectivity index (χ4v) is 2.38. The van der Waals surface area contributed by atoms with Crippen molar-refractivity contribution < 1.29 is 0 Å². The van der Waals surface area contributed by atoms with Crippen LogP contribution in [-0.4, -0.2) is 24.6 Å². The predicted molar refractivity (Wildman–Crippen MR) is 92.9 cm³/mol. The minimum absolute atomic E-state index is 0.685. The van der Waals surface area contributed by atoms with Crippen LogP contribution in [0, 0.1) is 18.8 Å². The van der Waals surface area contributed by atoms with E-state index in [1.807, 2.05) is 0 Å². The number of anilines is 1. The highest BCUT2D eigenvalue weighted by molar-refractivity contribution is 5.42. The van der Waals surface area contributed by atoms with Crippen molar-refractivity contribution in [1.29, 1.82) is 0 Å². The molecule has 1 aromatic heterocycles. The average Bonchev–Trinajstić information content (AvgIpc) is 2.43. The quantitative estimate of drug-likeness (QED) is 0.745. The Hall–Kier alpha value is -1.09. The summed E-state index contributed by atoms with van der Waals surface area (Å²) in [6.45, 7) is 17.4. The maximum Gasteiger partial charge on any atom is 0.129 e. The highest BCUT2D eigenvalue weighted by Crippen LogP contribution is 2.17. The van der Waals surface area contributed by atoms with Crippen LogP contribution in [0.25, 0.3) is 0 Å². The summed E-state index contributed by atoms with van der Waals surface area (Å²) in [4.78, 5) is 7.13. The molecule has 21 heavy (non-hydrogen) atoms. The van der Waals surface area contributed by atoms with Crippen molar-refractivity contribution in [1.82, 2.24) is 10.3 Å². The summed E-state index contributed by atoms with van der Waals surface area (Å²) >= 11 is 0. The molecule has 3 nitrogen and oxygen atoms in total. The summed E-state index contributed by atoms with van der Waals surface area (Å²) in [5, 5.41) is 3.52. The lowest BCUT2D eigenvalue weighted by Crippen LogP contribution is -2.29. The summed E-state index contributed by atoms with van der Waals surface area (Å²) in [6.07, 6.45) is 1.21. The van der Waals surface area contributed by atoms with Crippen molar-refractivity contribution in [2.45, 2.75) is 54.5 Å². The monoisotopic (exact) mass is 291 g/mol. The smallest absolute Gasteiger partial charge is 0.129 e. The first-order valence-electron chi connectivity index (χ1n) is 8.39. The molecule has 1 rings (SSSR count). The number of rotatable bonds is 9. The van der Waals surface area contributed by atoms with Crippen molar-refractivity contribution in [3.63, 3.8) is 0 Å². The van der Waals surface area contributed by atoms with Crippen LogP contribution < -0.4 is 10.2 Å². The topological polar surface area (TPSA) is 28.2 Å². The largest absolute Gasteiger partial charge is 0.357 e. The lowest BCUT2D eigenvalue weighted by molar-refractivity contribution is 0.543. The molecule has 0 aliphatic carbocycles. The van der Waals surface area contributed by atoms with Gasteiger partial charge in [-0.2, -0.15) is 0 Å². The molecule has 120 valence electrons. The zero-order valence-electron chi connectivity index (χ0n) is 14.7. The van der Waals surface area contributed by atoms with Gasteiger partial charge in [-0.1, -0.05) is 34.1 Å². The summed E-state index contributed by atoms with van der Waals surface area (Å²) in [5.74, 6) is 2.51. The number of aromatic nitrogens is 1. The summed E-state index contributed by atoms with van der Waals surface area (Å²) < 4.78 is 0. The fraction of sp³-hybridized carbons (Fsp3) is 0.722. The zero-order valence-corrected chi connectivity index (χ0v) is 14.7. The molecule has 3 heteroatoms. The van der Waals surface area contributed by atoms with E-state index in [0.29, 0.717) is 11.8 Å². The fourth-order valence-electron chi connectivity index (χ4n) is 2.38. The van der Waals surface area contributed by atoms with Crippen LogP contribution in [0.3, 0.4) is 0 Å². The van der Waals surface area contributed by atoms with Gasteiger partial charge in [-0.3, -0.25) is 0 Å². The highest BCUT2D eigenvalue weighted by atomic mass is 15.2. The Balaban J connectivity index is 2.78. The van der Waals surface area contributed by atoms with Gasteiger partial charge in [-0.25, -0.2) is 4.98 Å². The van der Waals surface area contributed by atoms with Gasteiger partial charge >= 0.3 is 0 Å². The van der Waals surface area contributed by atoms with E-state index in [1.165, 1.54) is 12.0 Å².